The molecule has 5 heteroatoms. The van der Waals surface area contributed by atoms with E-state index < -0.39 is 5.97 Å². The van der Waals surface area contributed by atoms with Crippen molar-refractivity contribution in [3.63, 3.8) is 0 Å². The molecule has 0 amide bonds. The van der Waals surface area contributed by atoms with E-state index in [0.717, 1.165) is 10.0 Å². The Hall–Kier alpha value is -2.01. The standard InChI is InChI=1S/C16H16BrNO3/c1-10(11-3-5-12(17)6-4-11)18-15-9-13(21-2)7-8-14(15)16(19)20/h3-10,18H,1-2H3,(H,19,20). The van der Waals surface area contributed by atoms with Gasteiger partial charge in [0, 0.05) is 16.6 Å². The molecule has 21 heavy (non-hydrogen) atoms. The molecule has 1 unspecified atom stereocenters. The zero-order valence-electron chi connectivity index (χ0n) is 11.8. The van der Waals surface area contributed by atoms with E-state index >= 15 is 0 Å². The average molecular weight is 350 g/mol. The topological polar surface area (TPSA) is 58.6 Å². The minimum absolute atomic E-state index is 0.0247. The molecule has 0 aliphatic rings. The normalized spacial score (nSPS) is 11.8. The van der Waals surface area contributed by atoms with Crippen LogP contribution in [0.3, 0.4) is 0 Å². The van der Waals surface area contributed by atoms with Crippen LogP contribution in [0.15, 0.2) is 46.9 Å². The molecule has 0 saturated heterocycles. The van der Waals surface area contributed by atoms with Gasteiger partial charge >= 0.3 is 5.97 Å². The van der Waals surface area contributed by atoms with Crippen LogP contribution in [0.25, 0.3) is 0 Å². The molecule has 0 aliphatic heterocycles. The van der Waals surface area contributed by atoms with Crippen LogP contribution in [0.1, 0.15) is 28.9 Å². The molecule has 1 atom stereocenters. The fourth-order valence-corrected chi connectivity index (χ4v) is 2.29. The van der Waals surface area contributed by atoms with Crippen LogP contribution in [0.5, 0.6) is 5.75 Å². The Morgan fingerprint density at radius 1 is 1.24 bits per heavy atom. The largest absolute Gasteiger partial charge is 0.497 e. The van der Waals surface area contributed by atoms with Gasteiger partial charge in [0.15, 0.2) is 0 Å². The molecule has 2 aromatic carbocycles. The maximum atomic E-state index is 11.3. The lowest BCUT2D eigenvalue weighted by Gasteiger charge is -2.18. The monoisotopic (exact) mass is 349 g/mol. The summed E-state index contributed by atoms with van der Waals surface area (Å²) in [6.45, 7) is 1.98. The van der Waals surface area contributed by atoms with Crippen molar-refractivity contribution in [2.45, 2.75) is 13.0 Å². The zero-order chi connectivity index (χ0) is 15.4. The van der Waals surface area contributed by atoms with Gasteiger partial charge in [0.1, 0.15) is 5.75 Å². The van der Waals surface area contributed by atoms with Crippen LogP contribution in [0.4, 0.5) is 5.69 Å². The number of benzene rings is 2. The van der Waals surface area contributed by atoms with E-state index in [-0.39, 0.29) is 11.6 Å². The minimum atomic E-state index is -0.969. The van der Waals surface area contributed by atoms with Gasteiger partial charge in [-0.05, 0) is 36.8 Å². The van der Waals surface area contributed by atoms with Gasteiger partial charge in [0.2, 0.25) is 0 Å². The number of carboxylic acids is 1. The lowest BCUT2D eigenvalue weighted by molar-refractivity contribution is 0.0698. The second-order valence-electron chi connectivity index (χ2n) is 4.63. The third-order valence-electron chi connectivity index (χ3n) is 3.20. The lowest BCUT2D eigenvalue weighted by atomic mass is 10.1. The van der Waals surface area contributed by atoms with Gasteiger partial charge in [-0.2, -0.15) is 0 Å². The van der Waals surface area contributed by atoms with Gasteiger partial charge in [0.25, 0.3) is 0 Å². The van der Waals surface area contributed by atoms with E-state index in [4.69, 9.17) is 4.74 Å². The third kappa shape index (κ3) is 3.76. The van der Waals surface area contributed by atoms with E-state index in [1.807, 2.05) is 31.2 Å². The van der Waals surface area contributed by atoms with E-state index in [1.54, 1.807) is 19.2 Å². The average Bonchev–Trinajstić information content (AvgIpc) is 2.47. The maximum absolute atomic E-state index is 11.3. The highest BCUT2D eigenvalue weighted by Crippen LogP contribution is 2.27. The number of hydrogen-bond acceptors (Lipinski definition) is 3. The van der Waals surface area contributed by atoms with Crippen molar-refractivity contribution in [2.75, 3.05) is 12.4 Å². The first-order chi connectivity index (χ1) is 10.0. The minimum Gasteiger partial charge on any atom is -0.497 e. The second-order valence-corrected chi connectivity index (χ2v) is 5.55. The Kier molecular flexibility index (Phi) is 4.85. The molecule has 2 rings (SSSR count). The quantitative estimate of drug-likeness (QED) is 0.843. The van der Waals surface area contributed by atoms with E-state index in [1.165, 1.54) is 6.07 Å². The molecular formula is C16H16BrNO3. The first-order valence-electron chi connectivity index (χ1n) is 6.44. The molecule has 0 bridgehead atoms. The smallest absolute Gasteiger partial charge is 0.337 e. The summed E-state index contributed by atoms with van der Waals surface area (Å²) in [5, 5.41) is 12.5. The lowest BCUT2D eigenvalue weighted by Crippen LogP contribution is -2.10. The highest BCUT2D eigenvalue weighted by atomic mass is 79.9. The summed E-state index contributed by atoms with van der Waals surface area (Å²) in [5.41, 5.74) is 1.83. The summed E-state index contributed by atoms with van der Waals surface area (Å²) in [5.74, 6) is -0.353. The third-order valence-corrected chi connectivity index (χ3v) is 3.73. The Labute approximate surface area is 131 Å². The highest BCUT2D eigenvalue weighted by molar-refractivity contribution is 9.10. The molecule has 0 heterocycles. The number of anilines is 1. The van der Waals surface area contributed by atoms with Crippen molar-refractivity contribution in [3.05, 3.63) is 58.1 Å². The number of nitrogens with one attached hydrogen (secondary N) is 1. The Morgan fingerprint density at radius 3 is 2.48 bits per heavy atom. The number of aromatic carboxylic acids is 1. The van der Waals surface area contributed by atoms with E-state index in [0.29, 0.717) is 11.4 Å². The molecule has 2 N–H and O–H groups in total. The van der Waals surface area contributed by atoms with Gasteiger partial charge in [-0.3, -0.25) is 0 Å². The summed E-state index contributed by atoms with van der Waals surface area (Å²) in [6.07, 6.45) is 0. The van der Waals surface area contributed by atoms with Crippen LogP contribution in [-0.4, -0.2) is 18.2 Å². The molecule has 0 aromatic heterocycles. The van der Waals surface area contributed by atoms with E-state index in [2.05, 4.69) is 21.2 Å². The van der Waals surface area contributed by atoms with Crippen LogP contribution in [0.2, 0.25) is 0 Å². The first kappa shape index (κ1) is 15.4. The van der Waals surface area contributed by atoms with Crippen molar-refractivity contribution in [3.8, 4) is 5.75 Å². The van der Waals surface area contributed by atoms with Crippen LogP contribution >= 0.6 is 15.9 Å². The fraction of sp³-hybridized carbons (Fsp3) is 0.188. The van der Waals surface area contributed by atoms with Crippen molar-refractivity contribution in [2.24, 2.45) is 0 Å². The van der Waals surface area contributed by atoms with Gasteiger partial charge in [-0.1, -0.05) is 28.1 Å². The van der Waals surface area contributed by atoms with Crippen LogP contribution < -0.4 is 10.1 Å². The number of hydrogen-bond donors (Lipinski definition) is 2. The number of carbonyl (C=O) groups is 1. The fourth-order valence-electron chi connectivity index (χ4n) is 2.02. The summed E-state index contributed by atoms with van der Waals surface area (Å²) >= 11 is 3.40. The number of carboxylic acid groups (broad SMARTS) is 1. The Bertz CT molecular complexity index is 640. The number of ether oxygens (including phenoxy) is 1. The van der Waals surface area contributed by atoms with Gasteiger partial charge in [-0.15, -0.1) is 0 Å². The summed E-state index contributed by atoms with van der Waals surface area (Å²) in [7, 11) is 1.55. The zero-order valence-corrected chi connectivity index (χ0v) is 13.3. The van der Waals surface area contributed by atoms with Gasteiger partial charge in [-0.25, -0.2) is 4.79 Å². The number of halogens is 1. The molecule has 2 aromatic rings. The summed E-state index contributed by atoms with van der Waals surface area (Å²) < 4.78 is 6.16. The van der Waals surface area contributed by atoms with Crippen molar-refractivity contribution < 1.29 is 14.6 Å². The molecular weight excluding hydrogens is 334 g/mol. The van der Waals surface area contributed by atoms with Crippen molar-refractivity contribution in [1.82, 2.24) is 0 Å². The number of methoxy groups -OCH3 is 1. The second kappa shape index (κ2) is 6.63. The molecule has 110 valence electrons. The molecule has 0 aliphatic carbocycles. The Balaban J connectivity index is 2.28. The molecule has 0 fully saturated rings. The predicted octanol–water partition coefficient (Wildman–Crippen LogP) is 4.33. The maximum Gasteiger partial charge on any atom is 0.337 e. The number of rotatable bonds is 5. The summed E-state index contributed by atoms with van der Waals surface area (Å²) in [4.78, 5) is 11.3. The van der Waals surface area contributed by atoms with Crippen LogP contribution in [0, 0.1) is 0 Å². The highest BCUT2D eigenvalue weighted by Gasteiger charge is 2.14. The van der Waals surface area contributed by atoms with Gasteiger partial charge < -0.3 is 15.2 Å². The predicted molar refractivity (Wildman–Crippen MR) is 86.1 cm³/mol. The van der Waals surface area contributed by atoms with Crippen molar-refractivity contribution in [1.29, 1.82) is 0 Å². The summed E-state index contributed by atoms with van der Waals surface area (Å²) in [6, 6.07) is 12.7. The first-order valence-corrected chi connectivity index (χ1v) is 7.24. The Morgan fingerprint density at radius 2 is 1.90 bits per heavy atom. The molecule has 0 spiro atoms. The van der Waals surface area contributed by atoms with Crippen LogP contribution in [-0.2, 0) is 0 Å². The van der Waals surface area contributed by atoms with E-state index in [9.17, 15) is 9.90 Å². The molecule has 0 radical (unpaired) electrons. The van der Waals surface area contributed by atoms with Crippen molar-refractivity contribution >= 4 is 27.6 Å². The SMILES string of the molecule is COc1ccc(C(=O)O)c(NC(C)c2ccc(Br)cc2)c1. The molecule has 0 saturated carbocycles. The van der Waals surface area contributed by atoms with Gasteiger partial charge in [0.05, 0.1) is 18.4 Å². The molecule has 4 nitrogen and oxygen atoms in total.